The molecule has 11 heteroatoms. The van der Waals surface area contributed by atoms with E-state index in [2.05, 4.69) is 4.74 Å². The predicted molar refractivity (Wildman–Crippen MR) is 111 cm³/mol. The van der Waals surface area contributed by atoms with Crippen molar-refractivity contribution in [2.45, 2.75) is 44.6 Å². The topological polar surface area (TPSA) is 76.2 Å². The fourth-order valence-corrected chi connectivity index (χ4v) is 6.50. The van der Waals surface area contributed by atoms with Crippen LogP contribution < -0.4 is 9.64 Å². The zero-order chi connectivity index (χ0) is 23.1. The lowest BCUT2D eigenvalue weighted by atomic mass is 9.77. The molecule has 0 N–H and O–H groups in total. The molecule has 2 heterocycles. The molecule has 1 amide bonds. The van der Waals surface area contributed by atoms with Crippen LogP contribution in [0.5, 0.6) is 5.75 Å². The van der Waals surface area contributed by atoms with E-state index in [1.165, 1.54) is 35.7 Å². The summed E-state index contributed by atoms with van der Waals surface area (Å²) >= 11 is 0. The van der Waals surface area contributed by atoms with Crippen LogP contribution in [0, 0.1) is 11.3 Å². The van der Waals surface area contributed by atoms with Crippen molar-refractivity contribution in [3.05, 3.63) is 24.3 Å². The first-order chi connectivity index (χ1) is 15.0. The number of carbonyl (C=O) groups excluding carboxylic acids is 1. The van der Waals surface area contributed by atoms with Crippen LogP contribution in [0.25, 0.3) is 0 Å². The van der Waals surface area contributed by atoms with Crippen molar-refractivity contribution in [3.63, 3.8) is 0 Å². The minimum absolute atomic E-state index is 0.0341. The lowest BCUT2D eigenvalue weighted by Crippen LogP contribution is -2.48. The summed E-state index contributed by atoms with van der Waals surface area (Å²) in [5.74, 6) is -0.176. The summed E-state index contributed by atoms with van der Waals surface area (Å²) in [4.78, 5) is 14.8. The van der Waals surface area contributed by atoms with Gasteiger partial charge in [0.2, 0.25) is 15.9 Å². The first kappa shape index (κ1) is 23.3. The highest BCUT2D eigenvalue weighted by molar-refractivity contribution is 7.89. The maximum absolute atomic E-state index is 13.2. The van der Waals surface area contributed by atoms with E-state index < -0.39 is 21.8 Å². The van der Waals surface area contributed by atoms with E-state index in [1.54, 1.807) is 4.90 Å². The number of ether oxygens (including phenoxy) is 2. The molecule has 1 unspecified atom stereocenters. The van der Waals surface area contributed by atoms with Gasteiger partial charge in [0, 0.05) is 32.4 Å². The molecule has 4 rings (SSSR count). The number of benzene rings is 1. The van der Waals surface area contributed by atoms with E-state index >= 15 is 0 Å². The normalized spacial score (nSPS) is 23.0. The zero-order valence-electron chi connectivity index (χ0n) is 17.8. The zero-order valence-corrected chi connectivity index (χ0v) is 18.6. The van der Waals surface area contributed by atoms with Gasteiger partial charge in [-0.15, -0.1) is 13.2 Å². The predicted octanol–water partition coefficient (Wildman–Crippen LogP) is 3.16. The van der Waals surface area contributed by atoms with Crippen molar-refractivity contribution in [1.82, 2.24) is 4.31 Å². The molecule has 1 aromatic carbocycles. The van der Waals surface area contributed by atoms with E-state index in [9.17, 15) is 26.4 Å². The minimum atomic E-state index is -4.77. The molecular formula is C21H27F3N2O5S. The number of hydrogen-bond donors (Lipinski definition) is 0. The van der Waals surface area contributed by atoms with Crippen molar-refractivity contribution in [3.8, 4) is 5.75 Å². The molecule has 0 bridgehead atoms. The molecule has 1 aliphatic carbocycles. The van der Waals surface area contributed by atoms with Crippen molar-refractivity contribution in [2.75, 3.05) is 37.4 Å². The lowest BCUT2D eigenvalue weighted by molar-refractivity contribution is -0.274. The number of rotatable bonds is 7. The minimum Gasteiger partial charge on any atom is -0.406 e. The molecule has 0 radical (unpaired) electrons. The number of alkyl halides is 3. The second kappa shape index (κ2) is 8.49. The smallest absolute Gasteiger partial charge is 0.406 e. The SMILES string of the molecule is COC(CS(=O)(=O)N1CCC2(CCN(c3ccc(OC(F)(F)F)cc3)C2=O)CC1)C1CC1. The Bertz CT molecular complexity index is 939. The van der Waals surface area contributed by atoms with Gasteiger partial charge in [-0.1, -0.05) is 0 Å². The fourth-order valence-electron chi connectivity index (χ4n) is 4.73. The van der Waals surface area contributed by atoms with Crippen LogP contribution in [-0.2, 0) is 19.6 Å². The Labute approximate surface area is 185 Å². The monoisotopic (exact) mass is 476 g/mol. The summed E-state index contributed by atoms with van der Waals surface area (Å²) in [6.07, 6.45) is -1.64. The van der Waals surface area contributed by atoms with Gasteiger partial charge in [0.25, 0.3) is 0 Å². The number of anilines is 1. The van der Waals surface area contributed by atoms with Crippen molar-refractivity contribution >= 4 is 21.6 Å². The maximum Gasteiger partial charge on any atom is 0.573 e. The first-order valence-corrected chi connectivity index (χ1v) is 12.3. The molecule has 1 aromatic rings. The average Bonchev–Trinajstić information content (AvgIpc) is 3.53. The number of halogens is 3. The second-order valence-electron chi connectivity index (χ2n) is 8.82. The van der Waals surface area contributed by atoms with Gasteiger partial charge in [-0.25, -0.2) is 12.7 Å². The Kier molecular flexibility index (Phi) is 6.19. The van der Waals surface area contributed by atoms with E-state index in [0.29, 0.717) is 37.4 Å². The Morgan fingerprint density at radius 1 is 1.09 bits per heavy atom. The second-order valence-corrected chi connectivity index (χ2v) is 10.8. The molecule has 32 heavy (non-hydrogen) atoms. The van der Waals surface area contributed by atoms with Crippen LogP contribution in [0.1, 0.15) is 32.1 Å². The molecular weight excluding hydrogens is 449 g/mol. The van der Waals surface area contributed by atoms with Gasteiger partial charge < -0.3 is 14.4 Å². The Morgan fingerprint density at radius 3 is 2.22 bits per heavy atom. The molecule has 178 valence electrons. The van der Waals surface area contributed by atoms with Crippen LogP contribution in [0.15, 0.2) is 24.3 Å². The van der Waals surface area contributed by atoms with Gasteiger partial charge in [-0.3, -0.25) is 4.79 Å². The molecule has 3 aliphatic rings. The molecule has 3 fully saturated rings. The summed E-state index contributed by atoms with van der Waals surface area (Å²) in [7, 11) is -1.93. The summed E-state index contributed by atoms with van der Waals surface area (Å²) in [5, 5.41) is 0. The van der Waals surface area contributed by atoms with Crippen LogP contribution in [0.2, 0.25) is 0 Å². The van der Waals surface area contributed by atoms with E-state index in [4.69, 9.17) is 4.74 Å². The average molecular weight is 477 g/mol. The molecule has 1 saturated carbocycles. The molecule has 1 spiro atoms. The largest absolute Gasteiger partial charge is 0.573 e. The van der Waals surface area contributed by atoms with Crippen LogP contribution in [-0.4, -0.2) is 63.6 Å². The van der Waals surface area contributed by atoms with Gasteiger partial charge in [0.05, 0.1) is 17.3 Å². The Morgan fingerprint density at radius 2 is 1.69 bits per heavy atom. The highest BCUT2D eigenvalue weighted by atomic mass is 32.2. The first-order valence-electron chi connectivity index (χ1n) is 10.7. The van der Waals surface area contributed by atoms with E-state index in [-0.39, 0.29) is 36.6 Å². The third kappa shape index (κ3) is 4.89. The summed E-state index contributed by atoms with van der Waals surface area (Å²) in [6, 6.07) is 5.23. The summed E-state index contributed by atoms with van der Waals surface area (Å²) in [6.45, 7) is 1.00. The fraction of sp³-hybridized carbons (Fsp3) is 0.667. The van der Waals surface area contributed by atoms with E-state index in [1.807, 2.05) is 0 Å². The number of amides is 1. The standard InChI is InChI=1S/C21H27F3N2O5S/c1-30-18(15-2-3-15)14-32(28,29)25-11-8-20(9-12-25)10-13-26(19(20)27)16-4-6-17(7-5-16)31-21(22,23)24/h4-7,15,18H,2-3,8-14H2,1H3. The van der Waals surface area contributed by atoms with Crippen LogP contribution >= 0.6 is 0 Å². The number of carbonyl (C=O) groups is 1. The van der Waals surface area contributed by atoms with Gasteiger partial charge in [0.1, 0.15) is 5.75 Å². The van der Waals surface area contributed by atoms with Crippen molar-refractivity contribution in [2.24, 2.45) is 11.3 Å². The number of methoxy groups -OCH3 is 1. The Balaban J connectivity index is 1.38. The summed E-state index contributed by atoms with van der Waals surface area (Å²) in [5.41, 5.74) is -0.131. The number of hydrogen-bond acceptors (Lipinski definition) is 5. The van der Waals surface area contributed by atoms with E-state index in [0.717, 1.165) is 12.8 Å². The lowest BCUT2D eigenvalue weighted by Gasteiger charge is -2.37. The molecule has 7 nitrogen and oxygen atoms in total. The molecule has 0 aromatic heterocycles. The maximum atomic E-state index is 13.2. The van der Waals surface area contributed by atoms with Crippen LogP contribution in [0.4, 0.5) is 18.9 Å². The Hall–Kier alpha value is -1.85. The molecule has 2 aliphatic heterocycles. The van der Waals surface area contributed by atoms with Gasteiger partial charge >= 0.3 is 6.36 Å². The number of nitrogens with zero attached hydrogens (tertiary/aromatic N) is 2. The highest BCUT2D eigenvalue weighted by Gasteiger charge is 2.50. The van der Waals surface area contributed by atoms with Crippen LogP contribution in [0.3, 0.4) is 0 Å². The third-order valence-corrected chi connectivity index (χ3v) is 8.69. The molecule has 2 saturated heterocycles. The molecule has 1 atom stereocenters. The van der Waals surface area contributed by atoms with Gasteiger partial charge in [-0.05, 0) is 62.3 Å². The number of sulfonamides is 1. The quantitative estimate of drug-likeness (QED) is 0.604. The number of piperidine rings is 1. The van der Waals surface area contributed by atoms with Crippen molar-refractivity contribution in [1.29, 1.82) is 0 Å². The van der Waals surface area contributed by atoms with Gasteiger partial charge in [-0.2, -0.15) is 0 Å². The third-order valence-electron chi connectivity index (χ3n) is 6.79. The van der Waals surface area contributed by atoms with Crippen molar-refractivity contribution < 1.29 is 35.9 Å². The van der Waals surface area contributed by atoms with Gasteiger partial charge in [0.15, 0.2) is 0 Å². The summed E-state index contributed by atoms with van der Waals surface area (Å²) < 4.78 is 73.5. The highest BCUT2D eigenvalue weighted by Crippen LogP contribution is 2.44.